The molecule has 78 valence electrons. The van der Waals surface area contributed by atoms with E-state index in [1.165, 1.54) is 18.2 Å². The number of nitrogens with one attached hydrogen (secondary N) is 1. The van der Waals surface area contributed by atoms with Gasteiger partial charge < -0.3 is 5.73 Å². The molecule has 0 spiro atoms. The Bertz CT molecular complexity index is 336. The number of amidine groups is 1. The zero-order valence-corrected chi connectivity index (χ0v) is 7.75. The van der Waals surface area contributed by atoms with Crippen LogP contribution in [0.1, 0.15) is 11.1 Å². The summed E-state index contributed by atoms with van der Waals surface area (Å²) in [6.07, 6.45) is -4.46. The fourth-order valence-electron chi connectivity index (χ4n) is 0.965. The Morgan fingerprint density at radius 3 is 2.07 bits per heavy atom. The van der Waals surface area contributed by atoms with Gasteiger partial charge in [-0.2, -0.15) is 13.2 Å². The minimum absolute atomic E-state index is 0. The summed E-state index contributed by atoms with van der Waals surface area (Å²) in [7, 11) is 0. The van der Waals surface area contributed by atoms with Gasteiger partial charge in [0, 0.05) is 5.56 Å². The molecule has 0 aliphatic heterocycles. The van der Waals surface area contributed by atoms with Gasteiger partial charge in [0.25, 0.3) is 0 Å². The monoisotopic (exact) mass is 224 g/mol. The second-order valence-corrected chi connectivity index (χ2v) is 2.46. The summed E-state index contributed by atoms with van der Waals surface area (Å²) in [5.74, 6) is -0.576. The summed E-state index contributed by atoms with van der Waals surface area (Å²) in [5, 5.41) is 6.93. The second-order valence-electron chi connectivity index (χ2n) is 2.46. The van der Waals surface area contributed by atoms with E-state index in [1.54, 1.807) is 0 Å². The topological polar surface area (TPSA) is 49.9 Å². The van der Waals surface area contributed by atoms with E-state index in [0.717, 1.165) is 6.07 Å². The van der Waals surface area contributed by atoms with Crippen molar-refractivity contribution >= 4 is 18.2 Å². The average molecular weight is 225 g/mol. The number of hydrogen-bond acceptors (Lipinski definition) is 1. The largest absolute Gasteiger partial charge is 0.417 e. The van der Waals surface area contributed by atoms with Crippen LogP contribution >= 0.6 is 12.4 Å². The van der Waals surface area contributed by atoms with E-state index in [2.05, 4.69) is 0 Å². The average Bonchev–Trinajstić information content (AvgIpc) is 2.03. The predicted octanol–water partition coefficient (Wildman–Crippen LogP) is 2.41. The Morgan fingerprint density at radius 2 is 1.71 bits per heavy atom. The molecule has 3 N–H and O–H groups in total. The zero-order chi connectivity index (χ0) is 10.1. The highest BCUT2D eigenvalue weighted by atomic mass is 35.5. The molecular weight excluding hydrogens is 217 g/mol. The molecule has 1 aromatic rings. The summed E-state index contributed by atoms with van der Waals surface area (Å²) < 4.78 is 36.8. The summed E-state index contributed by atoms with van der Waals surface area (Å²) in [5.41, 5.74) is 3.84. The van der Waals surface area contributed by atoms with Gasteiger partial charge in [0.15, 0.2) is 0 Å². The number of nitrogens with two attached hydrogens (primary N) is 1. The summed E-state index contributed by atoms with van der Waals surface area (Å²) in [6, 6.07) is 4.74. The fourth-order valence-corrected chi connectivity index (χ4v) is 0.965. The summed E-state index contributed by atoms with van der Waals surface area (Å²) >= 11 is 0. The van der Waals surface area contributed by atoms with E-state index in [0.29, 0.717) is 0 Å². The van der Waals surface area contributed by atoms with E-state index in [1.807, 2.05) is 0 Å². The maximum Gasteiger partial charge on any atom is 0.417 e. The first kappa shape index (κ1) is 12.8. The first-order valence-corrected chi connectivity index (χ1v) is 3.43. The molecule has 0 atom stereocenters. The van der Waals surface area contributed by atoms with Gasteiger partial charge in [-0.25, -0.2) is 0 Å². The van der Waals surface area contributed by atoms with Crippen LogP contribution in [-0.4, -0.2) is 5.84 Å². The minimum Gasteiger partial charge on any atom is -0.384 e. The van der Waals surface area contributed by atoms with Crippen molar-refractivity contribution in [2.45, 2.75) is 6.18 Å². The maximum atomic E-state index is 12.3. The van der Waals surface area contributed by atoms with E-state index >= 15 is 0 Å². The lowest BCUT2D eigenvalue weighted by atomic mass is 10.1. The molecule has 0 fully saturated rings. The Morgan fingerprint density at radius 1 is 1.21 bits per heavy atom. The van der Waals surface area contributed by atoms with Crippen molar-refractivity contribution in [3.63, 3.8) is 0 Å². The van der Waals surface area contributed by atoms with Crippen LogP contribution in [0.2, 0.25) is 0 Å². The second kappa shape index (κ2) is 4.32. The third kappa shape index (κ3) is 2.63. The zero-order valence-electron chi connectivity index (χ0n) is 6.93. The van der Waals surface area contributed by atoms with Crippen LogP contribution in [-0.2, 0) is 6.18 Å². The van der Waals surface area contributed by atoms with Crippen molar-refractivity contribution in [3.8, 4) is 0 Å². The third-order valence-corrected chi connectivity index (χ3v) is 1.52. The summed E-state index contributed by atoms with van der Waals surface area (Å²) in [6.45, 7) is 0. The Kier molecular flexibility index (Phi) is 3.94. The molecule has 1 aromatic carbocycles. The molecule has 0 unspecified atom stereocenters. The predicted molar refractivity (Wildman–Crippen MR) is 49.7 cm³/mol. The van der Waals surface area contributed by atoms with Crippen molar-refractivity contribution in [1.29, 1.82) is 5.41 Å². The normalized spacial score (nSPS) is 10.5. The van der Waals surface area contributed by atoms with Crippen LogP contribution in [0.5, 0.6) is 0 Å². The number of rotatable bonds is 1. The SMILES string of the molecule is Cl.N=C(N)c1ccccc1C(F)(F)F. The van der Waals surface area contributed by atoms with E-state index in [9.17, 15) is 13.2 Å². The highest BCUT2D eigenvalue weighted by Gasteiger charge is 2.33. The van der Waals surface area contributed by atoms with Crippen LogP contribution in [0.25, 0.3) is 0 Å². The first-order chi connectivity index (χ1) is 5.93. The summed E-state index contributed by atoms with van der Waals surface area (Å²) in [4.78, 5) is 0. The van der Waals surface area contributed by atoms with Crippen molar-refractivity contribution < 1.29 is 13.2 Å². The standard InChI is InChI=1S/C8H7F3N2.ClH/c9-8(10,11)6-4-2-1-3-5(6)7(12)13;/h1-4H,(H3,12,13);1H. The van der Waals surface area contributed by atoms with Crippen molar-refractivity contribution in [2.24, 2.45) is 5.73 Å². The van der Waals surface area contributed by atoms with Gasteiger partial charge in [-0.05, 0) is 6.07 Å². The van der Waals surface area contributed by atoms with Gasteiger partial charge in [-0.1, -0.05) is 18.2 Å². The Balaban J connectivity index is 0.00000169. The molecule has 0 aromatic heterocycles. The first-order valence-electron chi connectivity index (χ1n) is 3.43. The molecule has 2 nitrogen and oxygen atoms in total. The highest BCUT2D eigenvalue weighted by Crippen LogP contribution is 2.31. The lowest BCUT2D eigenvalue weighted by Crippen LogP contribution is -2.18. The van der Waals surface area contributed by atoms with Gasteiger partial charge in [0.2, 0.25) is 0 Å². The van der Waals surface area contributed by atoms with Crippen LogP contribution < -0.4 is 5.73 Å². The van der Waals surface area contributed by atoms with Gasteiger partial charge in [-0.15, -0.1) is 12.4 Å². The van der Waals surface area contributed by atoms with Crippen molar-refractivity contribution in [3.05, 3.63) is 35.4 Å². The molecular formula is C8H8ClF3N2. The van der Waals surface area contributed by atoms with Crippen molar-refractivity contribution in [1.82, 2.24) is 0 Å². The number of hydrogen-bond donors (Lipinski definition) is 2. The third-order valence-electron chi connectivity index (χ3n) is 1.52. The van der Waals surface area contributed by atoms with Crippen molar-refractivity contribution in [2.75, 3.05) is 0 Å². The number of alkyl halides is 3. The lowest BCUT2D eigenvalue weighted by molar-refractivity contribution is -0.137. The van der Waals surface area contributed by atoms with Gasteiger partial charge in [0.05, 0.1) is 5.56 Å². The fraction of sp³-hybridized carbons (Fsp3) is 0.125. The molecule has 14 heavy (non-hydrogen) atoms. The smallest absolute Gasteiger partial charge is 0.384 e. The van der Waals surface area contributed by atoms with E-state index in [-0.39, 0.29) is 18.0 Å². The molecule has 1 rings (SSSR count). The lowest BCUT2D eigenvalue weighted by Gasteiger charge is -2.10. The maximum absolute atomic E-state index is 12.3. The Hall–Kier alpha value is -1.23. The number of nitrogen functional groups attached to an aromatic ring is 1. The molecule has 0 heterocycles. The number of benzene rings is 1. The van der Waals surface area contributed by atoms with E-state index < -0.39 is 17.6 Å². The van der Waals surface area contributed by atoms with Crippen LogP contribution in [0, 0.1) is 5.41 Å². The van der Waals surface area contributed by atoms with Crippen LogP contribution in [0.3, 0.4) is 0 Å². The highest BCUT2D eigenvalue weighted by molar-refractivity contribution is 5.96. The van der Waals surface area contributed by atoms with Gasteiger partial charge in [-0.3, -0.25) is 5.41 Å². The molecule has 0 aliphatic carbocycles. The molecule has 0 saturated carbocycles. The molecule has 0 aliphatic rings. The van der Waals surface area contributed by atoms with Gasteiger partial charge in [0.1, 0.15) is 5.84 Å². The van der Waals surface area contributed by atoms with E-state index in [4.69, 9.17) is 11.1 Å². The molecule has 0 radical (unpaired) electrons. The molecule has 0 amide bonds. The van der Waals surface area contributed by atoms with Crippen LogP contribution in [0.4, 0.5) is 13.2 Å². The van der Waals surface area contributed by atoms with Gasteiger partial charge >= 0.3 is 6.18 Å². The molecule has 6 heteroatoms. The quantitative estimate of drug-likeness (QED) is 0.559. The Labute approximate surface area is 84.8 Å². The molecule has 0 bridgehead atoms. The number of halogens is 4. The van der Waals surface area contributed by atoms with Crippen LogP contribution in [0.15, 0.2) is 24.3 Å². The minimum atomic E-state index is -4.46. The molecule has 0 saturated heterocycles.